The summed E-state index contributed by atoms with van der Waals surface area (Å²) < 4.78 is 5.77. The first kappa shape index (κ1) is 8.30. The molecule has 2 nitrogen and oxygen atoms in total. The highest BCUT2D eigenvalue weighted by Gasteiger charge is 2.24. The van der Waals surface area contributed by atoms with Crippen LogP contribution in [0.3, 0.4) is 0 Å². The van der Waals surface area contributed by atoms with Gasteiger partial charge < -0.3 is 10.1 Å². The molecule has 0 bridgehead atoms. The van der Waals surface area contributed by atoms with E-state index in [1.54, 1.807) is 0 Å². The number of hydrogen-bond acceptors (Lipinski definition) is 2. The van der Waals surface area contributed by atoms with Crippen molar-refractivity contribution in [1.82, 2.24) is 5.32 Å². The topological polar surface area (TPSA) is 21.3 Å². The van der Waals surface area contributed by atoms with Gasteiger partial charge in [-0.05, 0) is 31.4 Å². The molecule has 1 aromatic carbocycles. The van der Waals surface area contributed by atoms with E-state index in [1.807, 2.05) is 0 Å². The summed E-state index contributed by atoms with van der Waals surface area (Å²) in [5.74, 6) is 1.16. The van der Waals surface area contributed by atoms with E-state index in [4.69, 9.17) is 4.74 Å². The summed E-state index contributed by atoms with van der Waals surface area (Å²) in [6, 6.07) is 7.09. The van der Waals surface area contributed by atoms with Gasteiger partial charge in [-0.1, -0.05) is 18.2 Å². The lowest BCUT2D eigenvalue weighted by Crippen LogP contribution is -2.35. The lowest BCUT2D eigenvalue weighted by molar-refractivity contribution is 0.274. The minimum absolute atomic E-state index is 0.544. The second-order valence-corrected chi connectivity index (χ2v) is 4.08. The van der Waals surface area contributed by atoms with E-state index in [0.29, 0.717) is 6.04 Å². The third-order valence-corrected chi connectivity index (χ3v) is 3.16. The highest BCUT2D eigenvalue weighted by Crippen LogP contribution is 2.36. The maximum Gasteiger partial charge on any atom is 0.127 e. The summed E-state index contributed by atoms with van der Waals surface area (Å²) in [5, 5.41) is 3.43. The van der Waals surface area contributed by atoms with Crippen molar-refractivity contribution in [2.24, 2.45) is 0 Å². The van der Waals surface area contributed by atoms with Gasteiger partial charge in [0.15, 0.2) is 0 Å². The SMILES string of the molecule is c1cc2c(c([C@@H]3CCN3)c1)OCCC2. The van der Waals surface area contributed by atoms with Crippen LogP contribution in [-0.4, -0.2) is 13.2 Å². The molecule has 0 aromatic heterocycles. The number of nitrogens with one attached hydrogen (secondary N) is 1. The van der Waals surface area contributed by atoms with Gasteiger partial charge in [0, 0.05) is 11.6 Å². The molecule has 0 saturated carbocycles. The highest BCUT2D eigenvalue weighted by atomic mass is 16.5. The van der Waals surface area contributed by atoms with Gasteiger partial charge >= 0.3 is 0 Å². The number of fused-ring (bicyclic) bond motifs is 1. The molecule has 2 aliphatic rings. The van der Waals surface area contributed by atoms with E-state index in [0.717, 1.165) is 25.3 Å². The normalized spacial score (nSPS) is 24.7. The van der Waals surface area contributed by atoms with Gasteiger partial charge in [-0.2, -0.15) is 0 Å². The van der Waals surface area contributed by atoms with Crippen LogP contribution in [0.15, 0.2) is 18.2 Å². The number of aryl methyl sites for hydroxylation is 1. The molecule has 1 atom stereocenters. The van der Waals surface area contributed by atoms with Crippen molar-refractivity contribution in [1.29, 1.82) is 0 Å². The van der Waals surface area contributed by atoms with Crippen LogP contribution < -0.4 is 10.1 Å². The van der Waals surface area contributed by atoms with Gasteiger partial charge in [-0.15, -0.1) is 0 Å². The Balaban J connectivity index is 2.01. The molecule has 1 N–H and O–H groups in total. The van der Waals surface area contributed by atoms with Crippen LogP contribution in [0, 0.1) is 0 Å². The van der Waals surface area contributed by atoms with Crippen LogP contribution in [0.5, 0.6) is 5.75 Å². The maximum absolute atomic E-state index is 5.77. The fourth-order valence-electron chi connectivity index (χ4n) is 2.24. The first-order valence-electron chi connectivity index (χ1n) is 5.43. The Morgan fingerprint density at radius 2 is 2.29 bits per heavy atom. The third kappa shape index (κ3) is 1.22. The molecule has 14 heavy (non-hydrogen) atoms. The van der Waals surface area contributed by atoms with Gasteiger partial charge in [0.05, 0.1) is 6.61 Å². The van der Waals surface area contributed by atoms with Gasteiger partial charge in [0.2, 0.25) is 0 Å². The largest absolute Gasteiger partial charge is 0.493 e. The smallest absolute Gasteiger partial charge is 0.127 e. The lowest BCUT2D eigenvalue weighted by Gasteiger charge is -2.31. The van der Waals surface area contributed by atoms with E-state index < -0.39 is 0 Å². The molecular formula is C12H15NO. The van der Waals surface area contributed by atoms with Crippen molar-refractivity contribution in [3.63, 3.8) is 0 Å². The van der Waals surface area contributed by atoms with Crippen LogP contribution in [0.2, 0.25) is 0 Å². The van der Waals surface area contributed by atoms with Gasteiger partial charge in [-0.3, -0.25) is 0 Å². The van der Waals surface area contributed by atoms with E-state index in [-0.39, 0.29) is 0 Å². The Morgan fingerprint density at radius 3 is 3.07 bits per heavy atom. The standard InChI is InChI=1S/C12H15NO/c1-3-9-4-2-8-14-12(9)10(5-1)11-6-7-13-11/h1,3,5,11,13H,2,4,6-8H2/t11-/m0/s1. The summed E-state index contributed by atoms with van der Waals surface area (Å²) in [6.45, 7) is 2.03. The molecule has 0 radical (unpaired) electrons. The molecule has 0 amide bonds. The molecule has 0 unspecified atom stereocenters. The molecular weight excluding hydrogens is 174 g/mol. The molecule has 0 spiro atoms. The van der Waals surface area contributed by atoms with Crippen LogP contribution in [0.25, 0.3) is 0 Å². The Labute approximate surface area is 84.3 Å². The first-order valence-corrected chi connectivity index (χ1v) is 5.43. The summed E-state index contributed by atoms with van der Waals surface area (Å²) in [7, 11) is 0. The van der Waals surface area contributed by atoms with Gasteiger partial charge in [0.25, 0.3) is 0 Å². The van der Waals surface area contributed by atoms with Crippen molar-refractivity contribution in [3.05, 3.63) is 29.3 Å². The molecule has 2 heterocycles. The van der Waals surface area contributed by atoms with Crippen molar-refractivity contribution in [2.45, 2.75) is 25.3 Å². The minimum Gasteiger partial charge on any atom is -0.493 e. The van der Waals surface area contributed by atoms with Crippen molar-refractivity contribution < 1.29 is 4.74 Å². The van der Waals surface area contributed by atoms with Crippen LogP contribution in [0.4, 0.5) is 0 Å². The Bertz CT molecular complexity index is 344. The zero-order valence-corrected chi connectivity index (χ0v) is 8.25. The number of rotatable bonds is 1. The van der Waals surface area contributed by atoms with Crippen LogP contribution >= 0.6 is 0 Å². The molecule has 2 aliphatic heterocycles. The summed E-state index contributed by atoms with van der Waals surface area (Å²) >= 11 is 0. The van der Waals surface area contributed by atoms with E-state index in [9.17, 15) is 0 Å². The summed E-state index contributed by atoms with van der Waals surface area (Å²) in [5.41, 5.74) is 2.76. The zero-order chi connectivity index (χ0) is 9.38. The van der Waals surface area contributed by atoms with Crippen LogP contribution in [-0.2, 0) is 6.42 Å². The molecule has 1 saturated heterocycles. The zero-order valence-electron chi connectivity index (χ0n) is 8.25. The van der Waals surface area contributed by atoms with Crippen molar-refractivity contribution in [2.75, 3.05) is 13.2 Å². The van der Waals surface area contributed by atoms with E-state index in [1.165, 1.54) is 24.0 Å². The second kappa shape index (κ2) is 3.28. The number of benzene rings is 1. The first-order chi connectivity index (χ1) is 6.95. The Morgan fingerprint density at radius 1 is 1.36 bits per heavy atom. The van der Waals surface area contributed by atoms with Gasteiger partial charge in [0.1, 0.15) is 5.75 Å². The average molecular weight is 189 g/mol. The fraction of sp³-hybridized carbons (Fsp3) is 0.500. The summed E-state index contributed by atoms with van der Waals surface area (Å²) in [4.78, 5) is 0. The second-order valence-electron chi connectivity index (χ2n) is 4.08. The van der Waals surface area contributed by atoms with Crippen LogP contribution in [0.1, 0.15) is 30.0 Å². The van der Waals surface area contributed by atoms with Crippen molar-refractivity contribution >= 4 is 0 Å². The molecule has 74 valence electrons. The number of para-hydroxylation sites is 1. The monoisotopic (exact) mass is 189 g/mol. The summed E-state index contributed by atoms with van der Waals surface area (Å²) in [6.07, 6.45) is 3.59. The van der Waals surface area contributed by atoms with Crippen molar-refractivity contribution in [3.8, 4) is 5.75 Å². The quantitative estimate of drug-likeness (QED) is 0.730. The molecule has 2 heteroatoms. The predicted molar refractivity (Wildman–Crippen MR) is 55.6 cm³/mol. The highest BCUT2D eigenvalue weighted by molar-refractivity contribution is 5.45. The van der Waals surface area contributed by atoms with E-state index in [2.05, 4.69) is 23.5 Å². The lowest BCUT2D eigenvalue weighted by atomic mass is 9.93. The Kier molecular flexibility index (Phi) is 1.95. The predicted octanol–water partition coefficient (Wildman–Crippen LogP) is 2.05. The molecule has 3 rings (SSSR count). The van der Waals surface area contributed by atoms with Gasteiger partial charge in [-0.25, -0.2) is 0 Å². The number of ether oxygens (including phenoxy) is 1. The van der Waals surface area contributed by atoms with E-state index >= 15 is 0 Å². The minimum atomic E-state index is 0.544. The molecule has 1 fully saturated rings. The third-order valence-electron chi connectivity index (χ3n) is 3.16. The molecule has 0 aliphatic carbocycles. The average Bonchev–Trinajstić information content (AvgIpc) is 2.16. The Hall–Kier alpha value is -1.02. The number of hydrogen-bond donors (Lipinski definition) is 1. The maximum atomic E-state index is 5.77. The fourth-order valence-corrected chi connectivity index (χ4v) is 2.24. The molecule has 1 aromatic rings.